The molecule has 0 radical (unpaired) electrons. The van der Waals surface area contributed by atoms with Crippen molar-refractivity contribution in [1.29, 1.82) is 0 Å². The van der Waals surface area contributed by atoms with E-state index in [4.69, 9.17) is 4.74 Å². The predicted octanol–water partition coefficient (Wildman–Crippen LogP) is 3.22. The second kappa shape index (κ2) is 8.46. The fraction of sp³-hybridized carbons (Fsp3) is 0.476. The highest BCUT2D eigenvalue weighted by Gasteiger charge is 2.27. The van der Waals surface area contributed by atoms with Crippen LogP contribution in [0.2, 0.25) is 0 Å². The third-order valence-electron chi connectivity index (χ3n) is 5.00. The molecule has 1 aromatic heterocycles. The van der Waals surface area contributed by atoms with Crippen molar-refractivity contribution in [2.24, 2.45) is 0 Å². The summed E-state index contributed by atoms with van der Waals surface area (Å²) < 4.78 is 6.82. The van der Waals surface area contributed by atoms with E-state index in [1.54, 1.807) is 21.4 Å². The van der Waals surface area contributed by atoms with Gasteiger partial charge in [-0.2, -0.15) is 5.10 Å². The van der Waals surface area contributed by atoms with Crippen LogP contribution in [-0.2, 0) is 4.74 Å². The van der Waals surface area contributed by atoms with Gasteiger partial charge in [0.15, 0.2) is 5.69 Å². The molecule has 0 saturated carbocycles. The smallest absolute Gasteiger partial charge is 0.409 e. The zero-order chi connectivity index (χ0) is 20.3. The Hall–Kier alpha value is -2.83. The molecule has 1 aromatic carbocycles. The Morgan fingerprint density at radius 1 is 1.07 bits per heavy atom. The average molecular weight is 384 g/mol. The van der Waals surface area contributed by atoms with Gasteiger partial charge in [-0.3, -0.25) is 4.79 Å². The number of hydrogen-bond acceptors (Lipinski definition) is 4. The molecule has 0 atom stereocenters. The monoisotopic (exact) mass is 384 g/mol. The van der Waals surface area contributed by atoms with Crippen LogP contribution in [0.1, 0.15) is 48.4 Å². The highest BCUT2D eigenvalue weighted by atomic mass is 16.6. The molecule has 28 heavy (non-hydrogen) atoms. The first-order valence-corrected chi connectivity index (χ1v) is 9.78. The summed E-state index contributed by atoms with van der Waals surface area (Å²) in [6, 6.07) is 10.1. The topological polar surface area (TPSA) is 67.7 Å². The second-order valence-electron chi connectivity index (χ2n) is 7.31. The van der Waals surface area contributed by atoms with Crippen LogP contribution in [0, 0.1) is 6.92 Å². The molecule has 2 aromatic rings. The van der Waals surface area contributed by atoms with Crippen molar-refractivity contribution in [2.75, 3.05) is 32.8 Å². The minimum absolute atomic E-state index is 0.107. The van der Waals surface area contributed by atoms with Crippen LogP contribution in [0.25, 0.3) is 5.69 Å². The highest BCUT2D eigenvalue weighted by molar-refractivity contribution is 5.92. The maximum atomic E-state index is 12.9. The summed E-state index contributed by atoms with van der Waals surface area (Å²) in [5, 5.41) is 4.53. The number of nitrogens with zero attached hydrogens (tertiary/aromatic N) is 4. The van der Waals surface area contributed by atoms with Crippen LogP contribution in [0.3, 0.4) is 0 Å². The van der Waals surface area contributed by atoms with Crippen LogP contribution < -0.4 is 0 Å². The molecule has 2 amide bonds. The molecular weight excluding hydrogens is 356 g/mol. The number of carbonyl (C=O) groups is 2. The number of amides is 2. The van der Waals surface area contributed by atoms with Crippen LogP contribution in [-0.4, -0.2) is 64.4 Å². The first-order valence-electron chi connectivity index (χ1n) is 9.78. The molecule has 3 rings (SSSR count). The van der Waals surface area contributed by atoms with Gasteiger partial charge in [0.05, 0.1) is 12.3 Å². The standard InChI is InChI=1S/C21H28N4O3/c1-5-28-21(27)24-12-10-23(11-13-24)20(26)19-14-16(4)25(22-19)18-8-6-17(7-9-18)15(2)3/h6-9,14-15H,5,10-13H2,1-4H3. The van der Waals surface area contributed by atoms with E-state index in [9.17, 15) is 9.59 Å². The maximum Gasteiger partial charge on any atom is 0.409 e. The molecule has 7 nitrogen and oxygen atoms in total. The quantitative estimate of drug-likeness (QED) is 0.812. The summed E-state index contributed by atoms with van der Waals surface area (Å²) in [5.74, 6) is 0.363. The van der Waals surface area contributed by atoms with Crippen molar-refractivity contribution in [3.8, 4) is 5.69 Å². The van der Waals surface area contributed by atoms with Crippen molar-refractivity contribution in [3.63, 3.8) is 0 Å². The predicted molar refractivity (Wildman–Crippen MR) is 107 cm³/mol. The summed E-state index contributed by atoms with van der Waals surface area (Å²) in [7, 11) is 0. The Morgan fingerprint density at radius 2 is 1.68 bits per heavy atom. The van der Waals surface area contributed by atoms with E-state index in [-0.39, 0.29) is 12.0 Å². The van der Waals surface area contributed by atoms with Gasteiger partial charge in [0.2, 0.25) is 0 Å². The number of aromatic nitrogens is 2. The van der Waals surface area contributed by atoms with Crippen LogP contribution in [0.15, 0.2) is 30.3 Å². The minimum Gasteiger partial charge on any atom is -0.450 e. The third kappa shape index (κ3) is 4.18. The van der Waals surface area contributed by atoms with Gasteiger partial charge in [-0.05, 0) is 43.5 Å². The molecule has 2 heterocycles. The average Bonchev–Trinajstić information content (AvgIpc) is 3.09. The van der Waals surface area contributed by atoms with Gasteiger partial charge in [-0.1, -0.05) is 26.0 Å². The third-order valence-corrected chi connectivity index (χ3v) is 5.00. The minimum atomic E-state index is -0.320. The fourth-order valence-electron chi connectivity index (χ4n) is 3.31. The second-order valence-corrected chi connectivity index (χ2v) is 7.31. The van der Waals surface area contributed by atoms with Crippen molar-refractivity contribution in [2.45, 2.75) is 33.6 Å². The Morgan fingerprint density at radius 3 is 2.25 bits per heavy atom. The molecule has 0 unspecified atom stereocenters. The molecule has 1 aliphatic rings. The molecule has 0 N–H and O–H groups in total. The summed E-state index contributed by atoms with van der Waals surface area (Å²) in [4.78, 5) is 28.0. The van der Waals surface area contributed by atoms with Crippen molar-refractivity contribution < 1.29 is 14.3 Å². The van der Waals surface area contributed by atoms with Gasteiger partial charge in [0.25, 0.3) is 5.91 Å². The molecule has 150 valence electrons. The van der Waals surface area contributed by atoms with Gasteiger partial charge in [-0.25, -0.2) is 9.48 Å². The Labute approximate surface area is 165 Å². The van der Waals surface area contributed by atoms with Gasteiger partial charge in [-0.15, -0.1) is 0 Å². The lowest BCUT2D eigenvalue weighted by Gasteiger charge is -2.33. The van der Waals surface area contributed by atoms with Crippen LogP contribution in [0.5, 0.6) is 0 Å². The molecule has 1 saturated heterocycles. The Balaban J connectivity index is 1.69. The van der Waals surface area contributed by atoms with Gasteiger partial charge >= 0.3 is 6.09 Å². The van der Waals surface area contributed by atoms with E-state index >= 15 is 0 Å². The highest BCUT2D eigenvalue weighted by Crippen LogP contribution is 2.19. The van der Waals surface area contributed by atoms with Gasteiger partial charge in [0, 0.05) is 31.9 Å². The van der Waals surface area contributed by atoms with Crippen molar-refractivity contribution in [1.82, 2.24) is 19.6 Å². The normalized spacial score (nSPS) is 14.5. The molecule has 1 aliphatic heterocycles. The number of rotatable bonds is 4. The lowest BCUT2D eigenvalue weighted by Crippen LogP contribution is -2.50. The van der Waals surface area contributed by atoms with E-state index in [1.807, 2.05) is 25.1 Å². The van der Waals surface area contributed by atoms with E-state index in [1.165, 1.54) is 5.56 Å². The van der Waals surface area contributed by atoms with E-state index in [0.29, 0.717) is 44.4 Å². The first kappa shape index (κ1) is 19.9. The zero-order valence-electron chi connectivity index (χ0n) is 17.0. The van der Waals surface area contributed by atoms with E-state index in [2.05, 4.69) is 31.1 Å². The number of aryl methyl sites for hydroxylation is 1. The number of benzene rings is 1. The molecule has 0 bridgehead atoms. The number of piperazine rings is 1. The zero-order valence-corrected chi connectivity index (χ0v) is 17.0. The molecule has 0 aliphatic carbocycles. The van der Waals surface area contributed by atoms with E-state index < -0.39 is 0 Å². The van der Waals surface area contributed by atoms with Gasteiger partial charge < -0.3 is 14.5 Å². The van der Waals surface area contributed by atoms with Crippen molar-refractivity contribution in [3.05, 3.63) is 47.3 Å². The maximum absolute atomic E-state index is 12.9. The summed E-state index contributed by atoms with van der Waals surface area (Å²) in [6.07, 6.45) is -0.320. The number of carbonyl (C=O) groups excluding carboxylic acids is 2. The molecule has 7 heteroatoms. The molecule has 0 spiro atoms. The lowest BCUT2D eigenvalue weighted by atomic mass is 10.0. The molecule has 1 fully saturated rings. The van der Waals surface area contributed by atoms with Crippen LogP contribution in [0.4, 0.5) is 4.79 Å². The summed E-state index contributed by atoms with van der Waals surface area (Å²) in [5.41, 5.74) is 3.54. The summed E-state index contributed by atoms with van der Waals surface area (Å²) >= 11 is 0. The first-order chi connectivity index (χ1) is 13.4. The SMILES string of the molecule is CCOC(=O)N1CCN(C(=O)c2cc(C)n(-c3ccc(C(C)C)cc3)n2)CC1. The van der Waals surface area contributed by atoms with Gasteiger partial charge in [0.1, 0.15) is 0 Å². The van der Waals surface area contributed by atoms with Crippen LogP contribution >= 0.6 is 0 Å². The number of ether oxygens (including phenoxy) is 1. The Bertz CT molecular complexity index is 834. The lowest BCUT2D eigenvalue weighted by molar-refractivity contribution is 0.0565. The summed E-state index contributed by atoms with van der Waals surface area (Å²) in [6.45, 7) is 10.3. The van der Waals surface area contributed by atoms with Crippen molar-refractivity contribution >= 4 is 12.0 Å². The fourth-order valence-corrected chi connectivity index (χ4v) is 3.31. The Kier molecular flexibility index (Phi) is 6.02. The largest absolute Gasteiger partial charge is 0.450 e. The van der Waals surface area contributed by atoms with E-state index in [0.717, 1.165) is 11.4 Å². The number of hydrogen-bond donors (Lipinski definition) is 0. The molecular formula is C21H28N4O3.